The molecule has 0 aliphatic carbocycles. The van der Waals surface area contributed by atoms with Crippen molar-refractivity contribution >= 4 is 11.8 Å². The van der Waals surface area contributed by atoms with Crippen molar-refractivity contribution in [3.8, 4) is 0 Å². The summed E-state index contributed by atoms with van der Waals surface area (Å²) in [5.41, 5.74) is 2.70. The molecule has 1 aliphatic rings. The Hall–Kier alpha value is -1.59. The Morgan fingerprint density at radius 3 is 2.78 bits per heavy atom. The number of ether oxygens (including phenoxy) is 1. The third-order valence-corrected chi connectivity index (χ3v) is 3.99. The highest BCUT2D eigenvalue weighted by Gasteiger charge is 2.30. The lowest BCUT2D eigenvalue weighted by molar-refractivity contribution is 0.0583. The molecule has 0 saturated heterocycles. The number of para-hydroxylation sites is 1. The highest BCUT2D eigenvalue weighted by atomic mass is 16.6. The van der Waals surface area contributed by atoms with Gasteiger partial charge in [0.2, 0.25) is 0 Å². The number of nitrogens with zero attached hydrogens (tertiary/aromatic N) is 1. The number of hydrogen-bond acceptors (Lipinski definition) is 4. The average Bonchev–Trinajstić information content (AvgIpc) is 2.91. The van der Waals surface area contributed by atoms with E-state index in [4.69, 9.17) is 4.74 Å². The van der Waals surface area contributed by atoms with Crippen molar-refractivity contribution in [1.29, 1.82) is 0 Å². The number of rotatable bonds is 5. The number of aliphatic hydroxyl groups excluding tert-OH is 1. The van der Waals surface area contributed by atoms with E-state index in [9.17, 15) is 9.90 Å². The molecule has 1 atom stereocenters. The molecule has 0 bridgehead atoms. The van der Waals surface area contributed by atoms with Gasteiger partial charge in [-0.2, -0.15) is 0 Å². The minimum absolute atomic E-state index is 0.0715. The van der Waals surface area contributed by atoms with Gasteiger partial charge in [-0.1, -0.05) is 25.1 Å². The van der Waals surface area contributed by atoms with Crippen LogP contribution in [0.2, 0.25) is 0 Å². The zero-order chi connectivity index (χ0) is 17.0. The largest absolute Gasteiger partial charge is 0.443 e. The number of fused-ring (bicyclic) bond motifs is 1. The molecule has 1 aromatic carbocycles. The normalized spacial score (nSPS) is 15.4. The molecule has 0 spiro atoms. The van der Waals surface area contributed by atoms with Crippen LogP contribution >= 0.6 is 0 Å². The summed E-state index contributed by atoms with van der Waals surface area (Å²) in [7, 11) is 0. The van der Waals surface area contributed by atoms with Gasteiger partial charge in [0.1, 0.15) is 5.60 Å². The van der Waals surface area contributed by atoms with Crippen molar-refractivity contribution in [3.05, 3.63) is 29.3 Å². The highest BCUT2D eigenvalue weighted by molar-refractivity contribution is 5.91. The molecule has 0 radical (unpaired) electrons. The van der Waals surface area contributed by atoms with Gasteiger partial charge in [0.15, 0.2) is 0 Å². The summed E-state index contributed by atoms with van der Waals surface area (Å²) < 4.78 is 5.53. The van der Waals surface area contributed by atoms with Crippen LogP contribution in [0.4, 0.5) is 10.5 Å². The maximum atomic E-state index is 12.5. The van der Waals surface area contributed by atoms with Crippen LogP contribution in [0.15, 0.2) is 18.2 Å². The third-order valence-electron chi connectivity index (χ3n) is 3.99. The molecule has 2 N–H and O–H groups in total. The number of nitrogens with one attached hydrogen (secondary N) is 1. The standard InChI is InChI=1S/C18H28N2O3/c1-5-15(12-21)19-11-14-8-6-7-13-9-10-20(16(13)14)17(22)23-18(2,3)4/h6-8,15,19,21H,5,9-12H2,1-4H3. The number of carbonyl (C=O) groups is 1. The predicted octanol–water partition coefficient (Wildman–Crippen LogP) is 2.84. The lowest BCUT2D eigenvalue weighted by atomic mass is 10.1. The van der Waals surface area contributed by atoms with Crippen LogP contribution in [0.3, 0.4) is 0 Å². The molecule has 0 saturated carbocycles. The predicted molar refractivity (Wildman–Crippen MR) is 91.7 cm³/mol. The van der Waals surface area contributed by atoms with E-state index in [-0.39, 0.29) is 18.7 Å². The van der Waals surface area contributed by atoms with Gasteiger partial charge in [0, 0.05) is 19.1 Å². The fraction of sp³-hybridized carbons (Fsp3) is 0.611. The summed E-state index contributed by atoms with van der Waals surface area (Å²) in [6, 6.07) is 6.18. The Bertz CT molecular complexity index is 548. The van der Waals surface area contributed by atoms with E-state index in [0.717, 1.165) is 24.1 Å². The first-order valence-corrected chi connectivity index (χ1v) is 8.31. The first kappa shape index (κ1) is 17.8. The Morgan fingerprint density at radius 1 is 1.43 bits per heavy atom. The molecule has 0 aromatic heterocycles. The van der Waals surface area contributed by atoms with E-state index in [2.05, 4.69) is 11.4 Å². The van der Waals surface area contributed by atoms with Gasteiger partial charge < -0.3 is 15.2 Å². The first-order valence-electron chi connectivity index (χ1n) is 8.31. The van der Waals surface area contributed by atoms with Crippen LogP contribution in [-0.2, 0) is 17.7 Å². The zero-order valence-corrected chi connectivity index (χ0v) is 14.6. The van der Waals surface area contributed by atoms with Crippen LogP contribution in [-0.4, -0.2) is 36.0 Å². The maximum absolute atomic E-state index is 12.5. The lowest BCUT2D eigenvalue weighted by Gasteiger charge is -2.26. The lowest BCUT2D eigenvalue weighted by Crippen LogP contribution is -2.37. The highest BCUT2D eigenvalue weighted by Crippen LogP contribution is 2.33. The smallest absolute Gasteiger partial charge is 0.414 e. The van der Waals surface area contributed by atoms with Gasteiger partial charge in [-0.3, -0.25) is 4.90 Å². The van der Waals surface area contributed by atoms with Gasteiger partial charge in [-0.05, 0) is 44.7 Å². The van der Waals surface area contributed by atoms with E-state index in [1.54, 1.807) is 4.90 Å². The molecule has 1 aliphatic heterocycles. The maximum Gasteiger partial charge on any atom is 0.414 e. The van der Waals surface area contributed by atoms with Crippen LogP contribution in [0.25, 0.3) is 0 Å². The number of hydrogen-bond donors (Lipinski definition) is 2. The Balaban J connectivity index is 2.18. The molecular formula is C18H28N2O3. The fourth-order valence-electron chi connectivity index (χ4n) is 2.77. The molecule has 0 fully saturated rings. The topological polar surface area (TPSA) is 61.8 Å². The number of benzene rings is 1. The van der Waals surface area contributed by atoms with E-state index in [1.165, 1.54) is 5.56 Å². The second kappa shape index (κ2) is 7.32. The van der Waals surface area contributed by atoms with E-state index >= 15 is 0 Å². The van der Waals surface area contributed by atoms with Gasteiger partial charge >= 0.3 is 6.09 Å². The summed E-state index contributed by atoms with van der Waals surface area (Å²) in [6.45, 7) is 9.06. The summed E-state index contributed by atoms with van der Waals surface area (Å²) in [4.78, 5) is 14.2. The summed E-state index contributed by atoms with van der Waals surface area (Å²) >= 11 is 0. The number of anilines is 1. The Morgan fingerprint density at radius 2 is 2.17 bits per heavy atom. The van der Waals surface area contributed by atoms with Crippen LogP contribution in [0, 0.1) is 0 Å². The molecular weight excluding hydrogens is 292 g/mol. The van der Waals surface area contributed by atoms with Crippen molar-refractivity contribution in [2.24, 2.45) is 0 Å². The van der Waals surface area contributed by atoms with Crippen LogP contribution < -0.4 is 10.2 Å². The van der Waals surface area contributed by atoms with E-state index in [1.807, 2.05) is 39.8 Å². The van der Waals surface area contributed by atoms with Crippen molar-refractivity contribution < 1.29 is 14.6 Å². The van der Waals surface area contributed by atoms with Gasteiger partial charge in [0.25, 0.3) is 0 Å². The van der Waals surface area contributed by atoms with E-state index in [0.29, 0.717) is 13.1 Å². The van der Waals surface area contributed by atoms with Crippen molar-refractivity contribution in [2.75, 3.05) is 18.1 Å². The van der Waals surface area contributed by atoms with Gasteiger partial charge in [-0.15, -0.1) is 0 Å². The summed E-state index contributed by atoms with van der Waals surface area (Å²) in [6.07, 6.45) is 1.42. The second-order valence-corrected chi connectivity index (χ2v) is 6.98. The quantitative estimate of drug-likeness (QED) is 0.876. The van der Waals surface area contributed by atoms with Crippen molar-refractivity contribution in [1.82, 2.24) is 5.32 Å². The minimum Gasteiger partial charge on any atom is -0.443 e. The van der Waals surface area contributed by atoms with Crippen molar-refractivity contribution in [3.63, 3.8) is 0 Å². The SMILES string of the molecule is CCC(CO)NCc1cccc2c1N(C(=O)OC(C)(C)C)CC2. The molecule has 128 valence electrons. The van der Waals surface area contributed by atoms with Crippen molar-refractivity contribution in [2.45, 2.75) is 58.7 Å². The average molecular weight is 320 g/mol. The van der Waals surface area contributed by atoms with E-state index < -0.39 is 5.60 Å². The second-order valence-electron chi connectivity index (χ2n) is 6.98. The van der Waals surface area contributed by atoms with Crippen LogP contribution in [0.5, 0.6) is 0 Å². The fourth-order valence-corrected chi connectivity index (χ4v) is 2.77. The molecule has 1 unspecified atom stereocenters. The Kier molecular flexibility index (Phi) is 5.65. The van der Waals surface area contributed by atoms with Crippen LogP contribution in [0.1, 0.15) is 45.2 Å². The summed E-state index contributed by atoms with van der Waals surface area (Å²) in [5.74, 6) is 0. The first-order chi connectivity index (χ1) is 10.9. The minimum atomic E-state index is -0.503. The van der Waals surface area contributed by atoms with Gasteiger partial charge in [0.05, 0.1) is 12.3 Å². The number of aliphatic hydroxyl groups is 1. The number of carbonyl (C=O) groups excluding carboxylic acids is 1. The Labute approximate surface area is 138 Å². The molecule has 23 heavy (non-hydrogen) atoms. The number of amides is 1. The molecule has 1 aromatic rings. The third kappa shape index (κ3) is 4.45. The molecule has 5 nitrogen and oxygen atoms in total. The molecule has 2 rings (SSSR count). The van der Waals surface area contributed by atoms with Gasteiger partial charge in [-0.25, -0.2) is 4.79 Å². The molecule has 1 amide bonds. The monoisotopic (exact) mass is 320 g/mol. The zero-order valence-electron chi connectivity index (χ0n) is 14.6. The molecule has 1 heterocycles. The summed E-state index contributed by atoms with van der Waals surface area (Å²) in [5, 5.41) is 12.7. The molecule has 5 heteroatoms.